The zero-order valence-corrected chi connectivity index (χ0v) is 24.7. The lowest BCUT2D eigenvalue weighted by Crippen LogP contribution is -2.59. The van der Waals surface area contributed by atoms with Gasteiger partial charge in [0.25, 0.3) is 15.9 Å². The molecule has 5 aromatic rings. The number of nitrogen functional groups attached to an aromatic ring is 1. The molecule has 0 fully saturated rings. The van der Waals surface area contributed by atoms with Gasteiger partial charge in [0.2, 0.25) is 0 Å². The summed E-state index contributed by atoms with van der Waals surface area (Å²) < 4.78 is 30.3. The molecule has 1 aliphatic heterocycles. The minimum atomic E-state index is -3.93. The van der Waals surface area contributed by atoms with Crippen LogP contribution in [0.3, 0.4) is 0 Å². The first-order valence-corrected chi connectivity index (χ1v) is 15.2. The lowest BCUT2D eigenvalue weighted by Gasteiger charge is -2.41. The van der Waals surface area contributed by atoms with Gasteiger partial charge in [-0.2, -0.15) is 0 Å². The molecule has 2 atom stereocenters. The molecule has 3 aromatic carbocycles. The number of fused-ring (bicyclic) bond motifs is 1. The smallest absolute Gasteiger partial charge is 0.278 e. The molecule has 224 valence electrons. The quantitative estimate of drug-likeness (QED) is 0.171. The Morgan fingerprint density at radius 3 is 2.50 bits per heavy atom. The standard InChI is InChI=1S/C31H30N8O4S/c1-19-15-16-38-27(19)31(41)39(23-9-4-3-5-10-23)30(36-38)20(2)35-29-26(28(32)33-18-34-29)21-7-6-8-22(17-21)37-44(42,43)25-13-11-24(40)12-14-25/h3-18,20,30,36-37,40H,1-2H3,(H3,32,33,34,35)/t20-,30?/m0/s1. The number of carbonyl (C=O) groups is 1. The van der Waals surface area contributed by atoms with Gasteiger partial charge in [0.15, 0.2) is 0 Å². The number of benzene rings is 3. The molecule has 3 heterocycles. The second kappa shape index (κ2) is 11.3. The molecule has 12 nitrogen and oxygen atoms in total. The van der Waals surface area contributed by atoms with Crippen LogP contribution in [0.2, 0.25) is 0 Å². The van der Waals surface area contributed by atoms with E-state index in [4.69, 9.17) is 5.73 Å². The Morgan fingerprint density at radius 1 is 1.00 bits per heavy atom. The number of aryl methyl sites for hydroxylation is 1. The summed E-state index contributed by atoms with van der Waals surface area (Å²) in [6.07, 6.45) is 2.63. The number of hydrogen-bond donors (Lipinski definition) is 5. The number of aromatic nitrogens is 3. The van der Waals surface area contributed by atoms with Crippen molar-refractivity contribution in [3.05, 3.63) is 109 Å². The highest BCUT2D eigenvalue weighted by molar-refractivity contribution is 7.92. The fourth-order valence-corrected chi connectivity index (χ4v) is 6.27. The molecule has 13 heteroatoms. The molecule has 6 N–H and O–H groups in total. The number of nitrogens with zero attached hydrogens (tertiary/aromatic N) is 4. The zero-order chi connectivity index (χ0) is 31.0. The number of phenols is 1. The van der Waals surface area contributed by atoms with E-state index in [2.05, 4.69) is 25.4 Å². The molecule has 1 amide bonds. The summed E-state index contributed by atoms with van der Waals surface area (Å²) in [7, 11) is -3.93. The monoisotopic (exact) mass is 610 g/mol. The van der Waals surface area contributed by atoms with Gasteiger partial charge < -0.3 is 21.6 Å². The first-order valence-electron chi connectivity index (χ1n) is 13.7. The first-order chi connectivity index (χ1) is 21.1. The molecular weight excluding hydrogens is 580 g/mol. The summed E-state index contributed by atoms with van der Waals surface area (Å²) in [6, 6.07) is 22.8. The Kier molecular flexibility index (Phi) is 7.31. The van der Waals surface area contributed by atoms with E-state index in [1.165, 1.54) is 30.6 Å². The second-order valence-corrected chi connectivity index (χ2v) is 12.1. The molecule has 0 bridgehead atoms. The van der Waals surface area contributed by atoms with Crippen molar-refractivity contribution in [2.24, 2.45) is 0 Å². The van der Waals surface area contributed by atoms with Crippen molar-refractivity contribution in [3.63, 3.8) is 0 Å². The molecule has 0 aliphatic carbocycles. The predicted molar refractivity (Wildman–Crippen MR) is 169 cm³/mol. The Labute approximate surface area is 254 Å². The first kappa shape index (κ1) is 28.6. The molecule has 1 aliphatic rings. The van der Waals surface area contributed by atoms with Crippen LogP contribution < -0.4 is 26.1 Å². The minimum Gasteiger partial charge on any atom is -0.508 e. The van der Waals surface area contributed by atoms with Gasteiger partial charge in [-0.15, -0.1) is 0 Å². The summed E-state index contributed by atoms with van der Waals surface area (Å²) in [4.78, 5) is 24.2. The van der Waals surface area contributed by atoms with Crippen molar-refractivity contribution in [3.8, 4) is 16.9 Å². The van der Waals surface area contributed by atoms with Crippen LogP contribution in [0.15, 0.2) is 102 Å². The van der Waals surface area contributed by atoms with Gasteiger partial charge in [0.05, 0.1) is 16.5 Å². The molecule has 6 rings (SSSR count). The van der Waals surface area contributed by atoms with Crippen molar-refractivity contribution in [2.75, 3.05) is 26.1 Å². The summed E-state index contributed by atoms with van der Waals surface area (Å²) in [5.41, 5.74) is 13.3. The van der Waals surface area contributed by atoms with E-state index in [1.54, 1.807) is 33.8 Å². The molecule has 0 saturated heterocycles. The Morgan fingerprint density at radius 2 is 1.75 bits per heavy atom. The maximum atomic E-state index is 13.8. The fraction of sp³-hybridized carbons (Fsp3) is 0.129. The van der Waals surface area contributed by atoms with Crippen molar-refractivity contribution >= 4 is 38.9 Å². The normalized spacial score (nSPS) is 15.3. The van der Waals surface area contributed by atoms with Crippen LogP contribution >= 0.6 is 0 Å². The lowest BCUT2D eigenvalue weighted by molar-refractivity contribution is 0.0954. The van der Waals surface area contributed by atoms with Gasteiger partial charge in [-0.25, -0.2) is 18.4 Å². The summed E-state index contributed by atoms with van der Waals surface area (Å²) in [6.45, 7) is 3.82. The summed E-state index contributed by atoms with van der Waals surface area (Å²) in [5.74, 6) is 0.403. The lowest BCUT2D eigenvalue weighted by atomic mass is 10.1. The van der Waals surface area contributed by atoms with Crippen LogP contribution in [0.25, 0.3) is 11.1 Å². The van der Waals surface area contributed by atoms with E-state index in [9.17, 15) is 18.3 Å². The van der Waals surface area contributed by atoms with E-state index < -0.39 is 22.2 Å². The van der Waals surface area contributed by atoms with Crippen LogP contribution in [-0.4, -0.2) is 46.3 Å². The number of sulfonamides is 1. The Hall–Kier alpha value is -5.56. The average molecular weight is 611 g/mol. The number of nitrogens with one attached hydrogen (secondary N) is 3. The summed E-state index contributed by atoms with van der Waals surface area (Å²) in [5, 5.41) is 12.9. The number of aromatic hydroxyl groups is 1. The minimum absolute atomic E-state index is 0.00187. The van der Waals surface area contributed by atoms with Gasteiger partial charge >= 0.3 is 0 Å². The number of hydrogen-bond acceptors (Lipinski definition) is 9. The number of para-hydroxylation sites is 1. The number of rotatable bonds is 8. The number of phenolic OH excluding ortho intramolecular Hbond substituents is 1. The van der Waals surface area contributed by atoms with Gasteiger partial charge in [-0.1, -0.05) is 30.3 Å². The molecule has 0 saturated carbocycles. The van der Waals surface area contributed by atoms with Gasteiger partial charge in [0.1, 0.15) is 35.6 Å². The maximum absolute atomic E-state index is 13.8. The molecular formula is C31H30N8O4S. The highest BCUT2D eigenvalue weighted by Gasteiger charge is 2.37. The van der Waals surface area contributed by atoms with Crippen molar-refractivity contribution in [2.45, 2.75) is 31.0 Å². The topological polar surface area (TPSA) is 168 Å². The Bertz CT molecular complexity index is 1950. The van der Waals surface area contributed by atoms with E-state index >= 15 is 0 Å². The largest absolute Gasteiger partial charge is 0.508 e. The van der Waals surface area contributed by atoms with Crippen LogP contribution in [0.1, 0.15) is 23.0 Å². The van der Waals surface area contributed by atoms with Crippen LogP contribution in [0.4, 0.5) is 23.0 Å². The third kappa shape index (κ3) is 5.36. The molecule has 1 unspecified atom stereocenters. The van der Waals surface area contributed by atoms with E-state index in [0.717, 1.165) is 11.3 Å². The number of nitrogens with two attached hydrogens (primary N) is 1. The number of amides is 1. The van der Waals surface area contributed by atoms with E-state index in [-0.39, 0.29) is 22.4 Å². The molecule has 44 heavy (non-hydrogen) atoms. The van der Waals surface area contributed by atoms with Crippen LogP contribution in [0.5, 0.6) is 5.75 Å². The molecule has 2 aromatic heterocycles. The second-order valence-electron chi connectivity index (χ2n) is 10.4. The van der Waals surface area contributed by atoms with E-state index in [0.29, 0.717) is 28.3 Å². The Balaban J connectivity index is 1.32. The predicted octanol–water partition coefficient (Wildman–Crippen LogP) is 4.37. The average Bonchev–Trinajstić information content (AvgIpc) is 3.38. The molecule has 0 radical (unpaired) electrons. The van der Waals surface area contributed by atoms with Crippen LogP contribution in [0, 0.1) is 6.92 Å². The molecule has 0 spiro atoms. The zero-order valence-electron chi connectivity index (χ0n) is 23.8. The third-order valence-corrected chi connectivity index (χ3v) is 8.76. The fourth-order valence-electron chi connectivity index (χ4n) is 5.22. The van der Waals surface area contributed by atoms with Crippen molar-refractivity contribution in [1.82, 2.24) is 14.6 Å². The van der Waals surface area contributed by atoms with Crippen LogP contribution in [-0.2, 0) is 10.0 Å². The number of carbonyl (C=O) groups excluding carboxylic acids is 1. The van der Waals surface area contributed by atoms with E-state index in [1.807, 2.05) is 56.4 Å². The maximum Gasteiger partial charge on any atom is 0.278 e. The third-order valence-electron chi connectivity index (χ3n) is 7.36. The van der Waals surface area contributed by atoms with Crippen molar-refractivity contribution in [1.29, 1.82) is 0 Å². The van der Waals surface area contributed by atoms with Gasteiger partial charge in [-0.05, 0) is 79.6 Å². The highest BCUT2D eigenvalue weighted by atomic mass is 32.2. The van der Waals surface area contributed by atoms with Gasteiger partial charge in [0, 0.05) is 17.6 Å². The summed E-state index contributed by atoms with van der Waals surface area (Å²) >= 11 is 0. The SMILES string of the molecule is Cc1ccn2c1C(=O)N(c1ccccc1)C([C@H](C)Nc1ncnc(N)c1-c1cccc(NS(=O)(=O)c3ccc(O)cc3)c1)N2. The van der Waals surface area contributed by atoms with Gasteiger partial charge in [-0.3, -0.25) is 19.1 Å². The van der Waals surface area contributed by atoms with Crippen molar-refractivity contribution < 1.29 is 18.3 Å². The number of anilines is 4. The highest BCUT2D eigenvalue weighted by Crippen LogP contribution is 2.34.